The van der Waals surface area contributed by atoms with Crippen LogP contribution in [0.25, 0.3) is 0 Å². The molecule has 9 heavy (non-hydrogen) atoms. The van der Waals surface area contributed by atoms with E-state index >= 15 is 0 Å². The molecule has 0 heterocycles. The van der Waals surface area contributed by atoms with Gasteiger partial charge in [0.25, 0.3) is 0 Å². The van der Waals surface area contributed by atoms with Gasteiger partial charge in [0.1, 0.15) is 0 Å². The lowest BCUT2D eigenvalue weighted by molar-refractivity contribution is 0.215. The number of hydrogen-bond acceptors (Lipinski definition) is 1. The van der Waals surface area contributed by atoms with Crippen molar-refractivity contribution in [1.29, 1.82) is 0 Å². The van der Waals surface area contributed by atoms with E-state index in [0.717, 1.165) is 18.4 Å². The predicted molar refractivity (Wildman–Crippen MR) is 38.1 cm³/mol. The quantitative estimate of drug-likeness (QED) is 0.563. The second-order valence-electron chi connectivity index (χ2n) is 2.30. The van der Waals surface area contributed by atoms with Crippen LogP contribution < -0.4 is 0 Å². The standard InChI is InChI=1S/C8H12O/c1-2-4-7-5-3-6-8(7)9/h2,4-5,8-9H,3,6H2,1H3/b4-2+. The molecule has 0 amide bonds. The lowest BCUT2D eigenvalue weighted by Gasteiger charge is -2.00. The largest absolute Gasteiger partial charge is 0.388 e. The summed E-state index contributed by atoms with van der Waals surface area (Å²) in [5, 5.41) is 9.20. The van der Waals surface area contributed by atoms with E-state index in [1.54, 1.807) is 0 Å². The van der Waals surface area contributed by atoms with Crippen LogP contribution in [0.2, 0.25) is 0 Å². The van der Waals surface area contributed by atoms with Crippen molar-refractivity contribution < 1.29 is 5.11 Å². The zero-order valence-corrected chi connectivity index (χ0v) is 5.67. The minimum absolute atomic E-state index is 0.193. The molecule has 1 aliphatic rings. The third-order valence-electron chi connectivity index (χ3n) is 1.56. The normalized spacial score (nSPS) is 27.3. The Morgan fingerprint density at radius 1 is 1.78 bits per heavy atom. The fourth-order valence-corrected chi connectivity index (χ4v) is 1.08. The van der Waals surface area contributed by atoms with E-state index in [1.165, 1.54) is 0 Å². The second kappa shape index (κ2) is 2.83. The molecule has 0 spiro atoms. The Hall–Kier alpha value is -0.560. The molecular weight excluding hydrogens is 112 g/mol. The number of rotatable bonds is 1. The number of aliphatic hydroxyl groups is 1. The Morgan fingerprint density at radius 2 is 2.56 bits per heavy atom. The van der Waals surface area contributed by atoms with E-state index in [2.05, 4.69) is 6.08 Å². The molecule has 1 unspecified atom stereocenters. The van der Waals surface area contributed by atoms with Crippen molar-refractivity contribution in [2.24, 2.45) is 0 Å². The molecule has 0 aromatic rings. The predicted octanol–water partition coefficient (Wildman–Crippen LogP) is 1.64. The van der Waals surface area contributed by atoms with E-state index in [1.807, 2.05) is 19.1 Å². The second-order valence-corrected chi connectivity index (χ2v) is 2.30. The summed E-state index contributed by atoms with van der Waals surface area (Å²) >= 11 is 0. The Balaban J connectivity index is 2.57. The van der Waals surface area contributed by atoms with Crippen LogP contribution in [0, 0.1) is 0 Å². The van der Waals surface area contributed by atoms with Gasteiger partial charge in [-0.1, -0.05) is 18.2 Å². The third-order valence-corrected chi connectivity index (χ3v) is 1.56. The minimum Gasteiger partial charge on any atom is -0.388 e. The molecule has 0 aromatic carbocycles. The van der Waals surface area contributed by atoms with Crippen LogP contribution in [0.1, 0.15) is 19.8 Å². The molecular formula is C8H12O. The summed E-state index contributed by atoms with van der Waals surface area (Å²) in [4.78, 5) is 0. The van der Waals surface area contributed by atoms with Crippen molar-refractivity contribution >= 4 is 0 Å². The first kappa shape index (κ1) is 6.56. The van der Waals surface area contributed by atoms with Crippen molar-refractivity contribution in [2.75, 3.05) is 0 Å². The van der Waals surface area contributed by atoms with Crippen LogP contribution in [0.4, 0.5) is 0 Å². The molecule has 1 N–H and O–H groups in total. The van der Waals surface area contributed by atoms with E-state index in [9.17, 15) is 5.11 Å². The van der Waals surface area contributed by atoms with Crippen LogP contribution in [0.3, 0.4) is 0 Å². The zero-order chi connectivity index (χ0) is 6.69. The molecule has 1 nitrogen and oxygen atoms in total. The van der Waals surface area contributed by atoms with Gasteiger partial charge in [-0.25, -0.2) is 0 Å². The average Bonchev–Trinajstić information content (AvgIpc) is 2.18. The Bertz CT molecular complexity index is 145. The van der Waals surface area contributed by atoms with Gasteiger partial charge < -0.3 is 5.11 Å². The fraction of sp³-hybridized carbons (Fsp3) is 0.500. The topological polar surface area (TPSA) is 20.2 Å². The van der Waals surface area contributed by atoms with E-state index < -0.39 is 0 Å². The van der Waals surface area contributed by atoms with E-state index in [-0.39, 0.29) is 6.10 Å². The third kappa shape index (κ3) is 1.42. The number of hydrogen-bond donors (Lipinski definition) is 1. The molecule has 0 bridgehead atoms. The van der Waals surface area contributed by atoms with Gasteiger partial charge in [0.2, 0.25) is 0 Å². The first-order valence-electron chi connectivity index (χ1n) is 3.35. The summed E-state index contributed by atoms with van der Waals surface area (Å²) in [6.45, 7) is 1.96. The molecule has 0 radical (unpaired) electrons. The lowest BCUT2D eigenvalue weighted by atomic mass is 10.2. The Morgan fingerprint density at radius 3 is 3.00 bits per heavy atom. The molecule has 1 aliphatic carbocycles. The van der Waals surface area contributed by atoms with Gasteiger partial charge >= 0.3 is 0 Å². The summed E-state index contributed by atoms with van der Waals surface area (Å²) in [5.74, 6) is 0. The highest BCUT2D eigenvalue weighted by molar-refractivity contribution is 5.25. The maximum absolute atomic E-state index is 9.20. The molecule has 50 valence electrons. The first-order valence-corrected chi connectivity index (χ1v) is 3.35. The smallest absolute Gasteiger partial charge is 0.0789 e. The summed E-state index contributed by atoms with van der Waals surface area (Å²) in [5.41, 5.74) is 1.08. The maximum atomic E-state index is 9.20. The zero-order valence-electron chi connectivity index (χ0n) is 5.67. The molecule has 0 saturated heterocycles. The van der Waals surface area contributed by atoms with Crippen LogP contribution in [0.5, 0.6) is 0 Å². The Kier molecular flexibility index (Phi) is 2.06. The van der Waals surface area contributed by atoms with Crippen LogP contribution in [0.15, 0.2) is 23.8 Å². The van der Waals surface area contributed by atoms with Gasteiger partial charge in [-0.2, -0.15) is 0 Å². The Labute approximate surface area is 55.7 Å². The summed E-state index contributed by atoms with van der Waals surface area (Å²) in [6.07, 6.45) is 7.75. The molecule has 0 fully saturated rings. The molecule has 0 saturated carbocycles. The number of aliphatic hydroxyl groups excluding tert-OH is 1. The van der Waals surface area contributed by atoms with Crippen molar-refractivity contribution in [3.8, 4) is 0 Å². The van der Waals surface area contributed by atoms with Gasteiger partial charge in [0, 0.05) is 0 Å². The molecule has 0 aliphatic heterocycles. The molecule has 1 rings (SSSR count). The minimum atomic E-state index is -0.193. The molecule has 1 atom stereocenters. The molecule has 1 heteroatoms. The van der Waals surface area contributed by atoms with Crippen LogP contribution in [-0.4, -0.2) is 11.2 Å². The van der Waals surface area contributed by atoms with Gasteiger partial charge in [-0.05, 0) is 25.3 Å². The first-order chi connectivity index (χ1) is 4.34. The van der Waals surface area contributed by atoms with E-state index in [0.29, 0.717) is 0 Å². The van der Waals surface area contributed by atoms with Crippen molar-refractivity contribution in [3.63, 3.8) is 0 Å². The summed E-state index contributed by atoms with van der Waals surface area (Å²) in [6, 6.07) is 0. The fourth-order valence-electron chi connectivity index (χ4n) is 1.08. The van der Waals surface area contributed by atoms with Gasteiger partial charge in [-0.15, -0.1) is 0 Å². The lowest BCUT2D eigenvalue weighted by Crippen LogP contribution is -2.01. The highest BCUT2D eigenvalue weighted by Gasteiger charge is 2.11. The SMILES string of the molecule is C/C=C/C1=CCCC1O. The van der Waals surface area contributed by atoms with Crippen molar-refractivity contribution in [3.05, 3.63) is 23.8 Å². The highest BCUT2D eigenvalue weighted by atomic mass is 16.3. The highest BCUT2D eigenvalue weighted by Crippen LogP contribution is 2.18. The maximum Gasteiger partial charge on any atom is 0.0789 e. The van der Waals surface area contributed by atoms with Gasteiger partial charge in [-0.3, -0.25) is 0 Å². The monoisotopic (exact) mass is 124 g/mol. The van der Waals surface area contributed by atoms with E-state index in [4.69, 9.17) is 0 Å². The summed E-state index contributed by atoms with van der Waals surface area (Å²) < 4.78 is 0. The van der Waals surface area contributed by atoms with Crippen molar-refractivity contribution in [2.45, 2.75) is 25.9 Å². The van der Waals surface area contributed by atoms with Crippen LogP contribution in [-0.2, 0) is 0 Å². The van der Waals surface area contributed by atoms with Gasteiger partial charge in [0.15, 0.2) is 0 Å². The average molecular weight is 124 g/mol. The summed E-state index contributed by atoms with van der Waals surface area (Å²) in [7, 11) is 0. The van der Waals surface area contributed by atoms with Crippen molar-refractivity contribution in [1.82, 2.24) is 0 Å². The van der Waals surface area contributed by atoms with Gasteiger partial charge in [0.05, 0.1) is 6.10 Å². The number of allylic oxidation sites excluding steroid dienone is 2. The molecule has 0 aromatic heterocycles. The van der Waals surface area contributed by atoms with Crippen LogP contribution >= 0.6 is 0 Å².